The van der Waals surface area contributed by atoms with Gasteiger partial charge in [0.1, 0.15) is 11.6 Å². The molecule has 0 aliphatic carbocycles. The fourth-order valence-electron chi connectivity index (χ4n) is 2.68. The van der Waals surface area contributed by atoms with E-state index in [1.807, 2.05) is 0 Å². The van der Waals surface area contributed by atoms with Crippen LogP contribution in [0.15, 0.2) is 65.6 Å². The van der Waals surface area contributed by atoms with Crippen molar-refractivity contribution in [1.29, 1.82) is 0 Å². The summed E-state index contributed by atoms with van der Waals surface area (Å²) in [5, 5.41) is 2.74. The maximum absolute atomic E-state index is 14.0. The van der Waals surface area contributed by atoms with Crippen LogP contribution in [0.4, 0.5) is 15.8 Å². The number of anilines is 2. The molecule has 0 saturated carbocycles. The van der Waals surface area contributed by atoms with Crippen LogP contribution in [0.3, 0.4) is 0 Å². The standard InChI is InChI=1S/C21H17Cl2FN2O4S/c1-2-30-19-11-10-13(31(28,29)26-20-15(22)7-5-8-16(20)23)12-18(19)25-21(27)14-6-3-4-9-17(14)24/h3-12,26H,2H2,1H3,(H,25,27). The van der Waals surface area contributed by atoms with Crippen molar-refractivity contribution in [3.8, 4) is 5.75 Å². The van der Waals surface area contributed by atoms with Crippen LogP contribution in [-0.2, 0) is 10.0 Å². The highest BCUT2D eigenvalue weighted by Gasteiger charge is 2.21. The van der Waals surface area contributed by atoms with Gasteiger partial charge in [-0.05, 0) is 49.4 Å². The zero-order valence-electron chi connectivity index (χ0n) is 16.2. The molecule has 2 N–H and O–H groups in total. The summed E-state index contributed by atoms with van der Waals surface area (Å²) in [6, 6.07) is 13.9. The third kappa shape index (κ3) is 5.28. The maximum atomic E-state index is 14.0. The molecule has 31 heavy (non-hydrogen) atoms. The molecule has 0 aliphatic rings. The Balaban J connectivity index is 1.97. The van der Waals surface area contributed by atoms with Gasteiger partial charge in [-0.2, -0.15) is 0 Å². The Bertz CT molecular complexity index is 1220. The molecule has 0 unspecified atom stereocenters. The minimum atomic E-state index is -4.12. The first-order chi connectivity index (χ1) is 14.7. The third-order valence-electron chi connectivity index (χ3n) is 4.13. The Morgan fingerprint density at radius 1 is 1.03 bits per heavy atom. The van der Waals surface area contributed by atoms with E-state index in [0.717, 1.165) is 6.07 Å². The Morgan fingerprint density at radius 3 is 2.35 bits per heavy atom. The lowest BCUT2D eigenvalue weighted by Crippen LogP contribution is -2.17. The van der Waals surface area contributed by atoms with E-state index in [4.69, 9.17) is 27.9 Å². The topological polar surface area (TPSA) is 84.5 Å². The van der Waals surface area contributed by atoms with E-state index in [1.54, 1.807) is 13.0 Å². The fraction of sp³-hybridized carbons (Fsp3) is 0.0952. The Hall–Kier alpha value is -2.81. The van der Waals surface area contributed by atoms with Crippen molar-refractivity contribution in [3.63, 3.8) is 0 Å². The summed E-state index contributed by atoms with van der Waals surface area (Å²) < 4.78 is 47.5. The average Bonchev–Trinajstić information content (AvgIpc) is 2.72. The molecule has 3 aromatic rings. The van der Waals surface area contributed by atoms with E-state index < -0.39 is 21.7 Å². The quantitative estimate of drug-likeness (QED) is 0.459. The van der Waals surface area contributed by atoms with Crippen molar-refractivity contribution in [3.05, 3.63) is 82.1 Å². The molecular formula is C21H17Cl2FN2O4S. The zero-order chi connectivity index (χ0) is 22.6. The third-order valence-corrected chi connectivity index (χ3v) is 6.10. The van der Waals surface area contributed by atoms with Gasteiger partial charge >= 0.3 is 0 Å². The number of sulfonamides is 1. The molecule has 0 fully saturated rings. The normalized spacial score (nSPS) is 11.1. The number of hydrogen-bond donors (Lipinski definition) is 2. The van der Waals surface area contributed by atoms with Crippen LogP contribution < -0.4 is 14.8 Å². The van der Waals surface area contributed by atoms with E-state index >= 15 is 0 Å². The SMILES string of the molecule is CCOc1ccc(S(=O)(=O)Nc2c(Cl)cccc2Cl)cc1NC(=O)c1ccccc1F. The van der Waals surface area contributed by atoms with Crippen LogP contribution >= 0.6 is 23.2 Å². The van der Waals surface area contributed by atoms with Crippen LogP contribution in [0.25, 0.3) is 0 Å². The van der Waals surface area contributed by atoms with Gasteiger partial charge in [-0.3, -0.25) is 9.52 Å². The zero-order valence-corrected chi connectivity index (χ0v) is 18.5. The molecule has 6 nitrogen and oxygen atoms in total. The second-order valence-electron chi connectivity index (χ2n) is 6.23. The first kappa shape index (κ1) is 22.9. The lowest BCUT2D eigenvalue weighted by atomic mass is 10.2. The molecule has 3 rings (SSSR count). The second-order valence-corrected chi connectivity index (χ2v) is 8.72. The van der Waals surface area contributed by atoms with Crippen LogP contribution in [0, 0.1) is 5.82 Å². The molecule has 0 aliphatic heterocycles. The molecule has 0 atom stereocenters. The van der Waals surface area contributed by atoms with Gasteiger partial charge in [0, 0.05) is 0 Å². The number of rotatable bonds is 7. The fourth-order valence-corrected chi connectivity index (χ4v) is 4.41. The first-order valence-electron chi connectivity index (χ1n) is 9.02. The molecule has 162 valence electrons. The Kier molecular flexibility index (Phi) is 7.04. The largest absolute Gasteiger partial charge is 0.492 e. The molecule has 0 saturated heterocycles. The van der Waals surface area contributed by atoms with Crippen molar-refractivity contribution in [2.75, 3.05) is 16.6 Å². The molecule has 3 aromatic carbocycles. The van der Waals surface area contributed by atoms with E-state index in [1.165, 1.54) is 48.5 Å². The number of carbonyl (C=O) groups excluding carboxylic acids is 1. The van der Waals surface area contributed by atoms with Crippen LogP contribution in [0.5, 0.6) is 5.75 Å². The predicted octanol–water partition coefficient (Wildman–Crippen LogP) is 5.58. The van der Waals surface area contributed by atoms with Gasteiger partial charge in [-0.25, -0.2) is 12.8 Å². The lowest BCUT2D eigenvalue weighted by Gasteiger charge is -2.15. The van der Waals surface area contributed by atoms with E-state index in [0.29, 0.717) is 0 Å². The van der Waals surface area contributed by atoms with Gasteiger partial charge in [0.15, 0.2) is 0 Å². The number of halogens is 3. The molecule has 0 heterocycles. The van der Waals surface area contributed by atoms with E-state index in [-0.39, 0.29) is 44.2 Å². The Morgan fingerprint density at radius 2 is 1.71 bits per heavy atom. The summed E-state index contributed by atoms with van der Waals surface area (Å²) in [4.78, 5) is 12.3. The first-order valence-corrected chi connectivity index (χ1v) is 11.3. The van der Waals surface area contributed by atoms with Gasteiger partial charge in [0.2, 0.25) is 0 Å². The van der Waals surface area contributed by atoms with Gasteiger partial charge in [0.05, 0.1) is 38.5 Å². The number of nitrogens with one attached hydrogen (secondary N) is 2. The van der Waals surface area contributed by atoms with E-state index in [2.05, 4.69) is 10.0 Å². The van der Waals surface area contributed by atoms with Crippen molar-refractivity contribution >= 4 is 50.5 Å². The van der Waals surface area contributed by atoms with Crippen LogP contribution in [-0.4, -0.2) is 20.9 Å². The molecule has 0 spiro atoms. The highest BCUT2D eigenvalue weighted by molar-refractivity contribution is 7.92. The summed E-state index contributed by atoms with van der Waals surface area (Å²) in [7, 11) is -4.12. The predicted molar refractivity (Wildman–Crippen MR) is 119 cm³/mol. The Labute approximate surface area is 189 Å². The molecule has 10 heteroatoms. The summed E-state index contributed by atoms with van der Waals surface area (Å²) in [5.74, 6) is -1.24. The maximum Gasteiger partial charge on any atom is 0.262 e. The van der Waals surface area contributed by atoms with Crippen LogP contribution in [0.2, 0.25) is 10.0 Å². The van der Waals surface area contributed by atoms with Gasteiger partial charge in [-0.1, -0.05) is 41.4 Å². The number of para-hydroxylation sites is 1. The summed E-state index contributed by atoms with van der Waals surface area (Å²) in [6.45, 7) is 2.00. The molecule has 0 radical (unpaired) electrons. The lowest BCUT2D eigenvalue weighted by molar-refractivity contribution is 0.102. The minimum absolute atomic E-state index is 0.0247. The summed E-state index contributed by atoms with van der Waals surface area (Å²) >= 11 is 12.1. The monoisotopic (exact) mass is 482 g/mol. The smallest absolute Gasteiger partial charge is 0.262 e. The van der Waals surface area contributed by atoms with Crippen molar-refractivity contribution in [2.45, 2.75) is 11.8 Å². The molecular weight excluding hydrogens is 466 g/mol. The van der Waals surface area contributed by atoms with Crippen molar-refractivity contribution in [2.24, 2.45) is 0 Å². The number of benzene rings is 3. The van der Waals surface area contributed by atoms with Crippen molar-refractivity contribution in [1.82, 2.24) is 0 Å². The minimum Gasteiger partial charge on any atom is -0.492 e. The highest BCUT2D eigenvalue weighted by atomic mass is 35.5. The number of amides is 1. The van der Waals surface area contributed by atoms with Gasteiger partial charge < -0.3 is 10.1 Å². The number of ether oxygens (including phenoxy) is 1. The van der Waals surface area contributed by atoms with Crippen LogP contribution in [0.1, 0.15) is 17.3 Å². The molecule has 0 aromatic heterocycles. The second kappa shape index (κ2) is 9.55. The van der Waals surface area contributed by atoms with Gasteiger partial charge in [-0.15, -0.1) is 0 Å². The molecule has 1 amide bonds. The summed E-state index contributed by atoms with van der Waals surface area (Å²) in [6.07, 6.45) is 0. The number of hydrogen-bond acceptors (Lipinski definition) is 4. The van der Waals surface area contributed by atoms with E-state index in [9.17, 15) is 17.6 Å². The molecule has 0 bridgehead atoms. The number of carbonyl (C=O) groups is 1. The highest BCUT2D eigenvalue weighted by Crippen LogP contribution is 2.34. The summed E-state index contributed by atoms with van der Waals surface area (Å²) in [5.41, 5.74) is -0.112. The van der Waals surface area contributed by atoms with Gasteiger partial charge in [0.25, 0.3) is 15.9 Å². The average molecular weight is 483 g/mol. The van der Waals surface area contributed by atoms with Crippen molar-refractivity contribution < 1.29 is 22.3 Å².